The molecule has 198 valence electrons. The summed E-state index contributed by atoms with van der Waals surface area (Å²) in [6.45, 7) is 2.18. The Hall–Kier alpha value is -3.89. The van der Waals surface area contributed by atoms with Gasteiger partial charge in [-0.3, -0.25) is 4.79 Å². The first-order chi connectivity index (χ1) is 18.1. The van der Waals surface area contributed by atoms with E-state index in [9.17, 15) is 17.6 Å². The largest absolute Gasteiger partial charge is 0.457 e. The maximum atomic E-state index is 13.2. The minimum absolute atomic E-state index is 0.0943. The van der Waals surface area contributed by atoms with Crippen molar-refractivity contribution < 1.29 is 31.5 Å². The van der Waals surface area contributed by atoms with Gasteiger partial charge in [0.2, 0.25) is 0 Å². The lowest BCUT2D eigenvalue weighted by Gasteiger charge is -2.18. The summed E-state index contributed by atoms with van der Waals surface area (Å²) in [5.74, 6) is 0.693. The van der Waals surface area contributed by atoms with Gasteiger partial charge in [0.05, 0.1) is 23.5 Å². The van der Waals surface area contributed by atoms with Crippen molar-refractivity contribution in [2.75, 3.05) is 30.9 Å². The first-order valence-electron chi connectivity index (χ1n) is 12.0. The number of carbonyl (C=O) groups is 1. The van der Waals surface area contributed by atoms with Crippen LogP contribution in [0, 0.1) is 5.82 Å². The zero-order valence-corrected chi connectivity index (χ0v) is 21.9. The van der Waals surface area contributed by atoms with Gasteiger partial charge in [-0.2, -0.15) is 0 Å². The number of nitrogens with one attached hydrogen (secondary N) is 2. The number of fused-ring (bicyclic) bond motifs is 2. The number of benzene rings is 3. The zero-order chi connectivity index (χ0) is 27.0. The van der Waals surface area contributed by atoms with Crippen LogP contribution in [-0.2, 0) is 14.6 Å². The number of furan rings is 1. The Kier molecular flexibility index (Phi) is 6.85. The molecule has 0 saturated heterocycles. The van der Waals surface area contributed by atoms with Crippen LogP contribution in [0.2, 0.25) is 0 Å². The van der Waals surface area contributed by atoms with Gasteiger partial charge >= 0.3 is 0 Å². The number of halogens is 1. The monoisotopic (exact) mass is 538 g/mol. The number of carbonyl (C=O) groups excluding carboxylic acids is 1. The van der Waals surface area contributed by atoms with Crippen LogP contribution in [0.5, 0.6) is 11.5 Å². The van der Waals surface area contributed by atoms with Crippen LogP contribution < -0.4 is 15.4 Å². The van der Waals surface area contributed by atoms with Crippen molar-refractivity contribution >= 4 is 32.4 Å². The molecule has 0 spiro atoms. The van der Waals surface area contributed by atoms with E-state index in [1.165, 1.54) is 18.4 Å². The van der Waals surface area contributed by atoms with Crippen molar-refractivity contribution in [3.05, 3.63) is 77.6 Å². The van der Waals surface area contributed by atoms with Crippen LogP contribution in [0.25, 0.3) is 22.3 Å². The molecule has 38 heavy (non-hydrogen) atoms. The average molecular weight is 539 g/mol. The third-order valence-electron chi connectivity index (χ3n) is 6.32. The summed E-state index contributed by atoms with van der Waals surface area (Å²) in [6.07, 6.45) is 0.267. The molecule has 2 unspecified atom stereocenters. The Morgan fingerprint density at radius 2 is 1.76 bits per heavy atom. The molecule has 0 fully saturated rings. The minimum Gasteiger partial charge on any atom is -0.457 e. The van der Waals surface area contributed by atoms with Crippen LogP contribution >= 0.6 is 0 Å². The van der Waals surface area contributed by atoms with E-state index >= 15 is 0 Å². The van der Waals surface area contributed by atoms with E-state index in [1.54, 1.807) is 43.4 Å². The Balaban J connectivity index is 1.50. The third kappa shape index (κ3) is 5.36. The van der Waals surface area contributed by atoms with E-state index in [-0.39, 0.29) is 17.5 Å². The standard InChI is InChI=1S/C28H27FN2O6S/c1-16-22-12-23-25(13-24(22)31-14-21(35-16)15-38(3,33)34)37-27(26(23)28(32)30-2)17-4-8-19(9-5-17)36-20-10-6-18(29)7-11-20/h4-13,16,21,31H,14-15H2,1-3H3,(H,30,32). The molecule has 1 aliphatic rings. The van der Waals surface area contributed by atoms with Crippen LogP contribution in [0.1, 0.15) is 28.9 Å². The number of anilines is 1. The maximum Gasteiger partial charge on any atom is 0.255 e. The van der Waals surface area contributed by atoms with E-state index in [0.29, 0.717) is 45.9 Å². The highest BCUT2D eigenvalue weighted by Crippen LogP contribution is 2.40. The van der Waals surface area contributed by atoms with E-state index in [1.807, 2.05) is 19.1 Å². The molecule has 8 nitrogen and oxygen atoms in total. The van der Waals surface area contributed by atoms with E-state index in [4.69, 9.17) is 13.9 Å². The smallest absolute Gasteiger partial charge is 0.255 e. The number of sulfone groups is 1. The van der Waals surface area contributed by atoms with Gasteiger partial charge in [-0.25, -0.2) is 12.8 Å². The second-order valence-electron chi connectivity index (χ2n) is 9.27. The van der Waals surface area contributed by atoms with Gasteiger partial charge in [-0.05, 0) is 61.5 Å². The summed E-state index contributed by atoms with van der Waals surface area (Å²) in [7, 11) is -1.67. The summed E-state index contributed by atoms with van der Waals surface area (Å²) in [6, 6.07) is 16.5. The molecule has 4 aromatic rings. The second-order valence-corrected chi connectivity index (χ2v) is 11.5. The van der Waals surface area contributed by atoms with E-state index < -0.39 is 22.0 Å². The molecular formula is C28H27FN2O6S. The van der Waals surface area contributed by atoms with Crippen molar-refractivity contribution in [3.63, 3.8) is 0 Å². The number of hydrogen-bond donors (Lipinski definition) is 2. The number of amides is 1. The Morgan fingerprint density at radius 1 is 1.11 bits per heavy atom. The molecule has 0 bridgehead atoms. The fourth-order valence-corrected chi connectivity index (χ4v) is 5.46. The van der Waals surface area contributed by atoms with Gasteiger partial charge < -0.3 is 24.5 Å². The number of hydrogen-bond acceptors (Lipinski definition) is 7. The molecule has 2 atom stereocenters. The normalized spacial score (nSPS) is 17.4. The molecular weight excluding hydrogens is 511 g/mol. The predicted molar refractivity (Wildman–Crippen MR) is 143 cm³/mol. The molecule has 1 aromatic heterocycles. The van der Waals surface area contributed by atoms with E-state index in [2.05, 4.69) is 10.6 Å². The van der Waals surface area contributed by atoms with Crippen molar-refractivity contribution in [1.82, 2.24) is 5.32 Å². The lowest BCUT2D eigenvalue weighted by atomic mass is 10.0. The van der Waals surface area contributed by atoms with Gasteiger partial charge in [-0.1, -0.05) is 0 Å². The molecule has 2 heterocycles. The van der Waals surface area contributed by atoms with Crippen molar-refractivity contribution in [1.29, 1.82) is 0 Å². The molecule has 1 aliphatic heterocycles. The highest BCUT2D eigenvalue weighted by molar-refractivity contribution is 7.90. The Bertz CT molecular complexity index is 1600. The Morgan fingerprint density at radius 3 is 2.39 bits per heavy atom. The van der Waals surface area contributed by atoms with Gasteiger partial charge in [0, 0.05) is 48.1 Å². The zero-order valence-electron chi connectivity index (χ0n) is 21.1. The molecule has 0 saturated carbocycles. The first-order valence-corrected chi connectivity index (χ1v) is 14.1. The summed E-state index contributed by atoms with van der Waals surface area (Å²) < 4.78 is 54.8. The highest BCUT2D eigenvalue weighted by Gasteiger charge is 2.28. The SMILES string of the molecule is CNC(=O)c1c(-c2ccc(Oc3ccc(F)cc3)cc2)oc2cc3c(cc12)C(C)OC(CS(C)(=O)=O)CN3. The number of ether oxygens (including phenoxy) is 2. The van der Waals surface area contributed by atoms with Crippen molar-refractivity contribution in [2.45, 2.75) is 19.1 Å². The molecule has 0 aliphatic carbocycles. The van der Waals surface area contributed by atoms with Gasteiger partial charge in [0.25, 0.3) is 5.91 Å². The second kappa shape index (κ2) is 10.1. The van der Waals surface area contributed by atoms with E-state index in [0.717, 1.165) is 11.3 Å². The summed E-state index contributed by atoms with van der Waals surface area (Å²) in [5.41, 5.74) is 3.11. The Labute approximate surface area is 219 Å². The summed E-state index contributed by atoms with van der Waals surface area (Å²) in [5, 5.41) is 6.58. The molecule has 3 aromatic carbocycles. The topological polar surface area (TPSA) is 107 Å². The molecule has 5 rings (SSSR count). The maximum absolute atomic E-state index is 13.2. The summed E-state index contributed by atoms with van der Waals surface area (Å²) >= 11 is 0. The molecule has 1 amide bonds. The third-order valence-corrected chi connectivity index (χ3v) is 7.30. The first kappa shape index (κ1) is 25.7. The van der Waals surface area contributed by atoms with Crippen LogP contribution in [0.15, 0.2) is 65.1 Å². The molecule has 0 radical (unpaired) electrons. The quantitative estimate of drug-likeness (QED) is 0.343. The fourth-order valence-electron chi connectivity index (χ4n) is 4.59. The van der Waals surface area contributed by atoms with Crippen LogP contribution in [0.4, 0.5) is 10.1 Å². The van der Waals surface area contributed by atoms with Crippen LogP contribution in [-0.4, -0.2) is 46.0 Å². The minimum atomic E-state index is -3.22. The van der Waals surface area contributed by atoms with Gasteiger partial charge in [0.15, 0.2) is 0 Å². The lowest BCUT2D eigenvalue weighted by Crippen LogP contribution is -2.29. The van der Waals surface area contributed by atoms with Crippen LogP contribution in [0.3, 0.4) is 0 Å². The van der Waals surface area contributed by atoms with Gasteiger partial charge in [0.1, 0.15) is 38.5 Å². The summed E-state index contributed by atoms with van der Waals surface area (Å²) in [4.78, 5) is 13.0. The molecule has 2 N–H and O–H groups in total. The fraction of sp³-hybridized carbons (Fsp3) is 0.250. The average Bonchev–Trinajstić information content (AvgIpc) is 3.18. The number of rotatable bonds is 6. The lowest BCUT2D eigenvalue weighted by molar-refractivity contribution is 0.0204. The van der Waals surface area contributed by atoms with Crippen molar-refractivity contribution in [2.24, 2.45) is 0 Å². The highest BCUT2D eigenvalue weighted by atomic mass is 32.2. The molecule has 10 heteroatoms. The van der Waals surface area contributed by atoms with Crippen molar-refractivity contribution in [3.8, 4) is 22.8 Å². The van der Waals surface area contributed by atoms with Gasteiger partial charge in [-0.15, -0.1) is 0 Å². The predicted octanol–water partition coefficient (Wildman–Crippen LogP) is 5.31.